The first-order chi connectivity index (χ1) is 5.79. The second-order valence-electron chi connectivity index (χ2n) is 3.79. The van der Waals surface area contributed by atoms with E-state index in [1.165, 1.54) is 6.42 Å². The molecule has 0 saturated heterocycles. The van der Waals surface area contributed by atoms with E-state index in [0.29, 0.717) is 6.04 Å². The fourth-order valence-corrected chi connectivity index (χ4v) is 1.78. The Labute approximate surface area is 74.6 Å². The van der Waals surface area contributed by atoms with Gasteiger partial charge in [-0.2, -0.15) is 0 Å². The van der Waals surface area contributed by atoms with Crippen molar-refractivity contribution in [3.63, 3.8) is 0 Å². The average molecular weight is 172 g/mol. The van der Waals surface area contributed by atoms with E-state index in [4.69, 9.17) is 10.6 Å². The molecule has 1 fully saturated rings. The molecule has 3 unspecified atom stereocenters. The van der Waals surface area contributed by atoms with Crippen LogP contribution >= 0.6 is 0 Å². The van der Waals surface area contributed by atoms with Gasteiger partial charge in [0.15, 0.2) is 0 Å². The summed E-state index contributed by atoms with van der Waals surface area (Å²) >= 11 is 0. The zero-order valence-electron chi connectivity index (χ0n) is 8.05. The van der Waals surface area contributed by atoms with Crippen LogP contribution in [0.3, 0.4) is 0 Å². The van der Waals surface area contributed by atoms with E-state index < -0.39 is 0 Å². The van der Waals surface area contributed by atoms with Crippen LogP contribution in [0.4, 0.5) is 0 Å². The Hall–Kier alpha value is -0.120. The van der Waals surface area contributed by atoms with Crippen LogP contribution in [0.25, 0.3) is 0 Å². The normalized spacial score (nSPS) is 30.2. The van der Waals surface area contributed by atoms with Crippen molar-refractivity contribution in [1.82, 2.24) is 5.43 Å². The predicted octanol–water partition coefficient (Wildman–Crippen LogP) is 0.901. The van der Waals surface area contributed by atoms with E-state index in [-0.39, 0.29) is 0 Å². The van der Waals surface area contributed by atoms with Gasteiger partial charge in [0.2, 0.25) is 0 Å². The van der Waals surface area contributed by atoms with Gasteiger partial charge in [0.1, 0.15) is 0 Å². The molecule has 1 aliphatic carbocycles. The summed E-state index contributed by atoms with van der Waals surface area (Å²) in [6.45, 7) is 3.13. The molecule has 1 aliphatic rings. The van der Waals surface area contributed by atoms with Gasteiger partial charge in [0, 0.05) is 19.8 Å². The number of nitrogens with two attached hydrogens (primary N) is 1. The lowest BCUT2D eigenvalue weighted by molar-refractivity contribution is 0.187. The molecule has 3 heteroatoms. The first kappa shape index (κ1) is 9.96. The highest BCUT2D eigenvalue weighted by molar-refractivity contribution is 4.91. The molecule has 0 amide bonds. The highest BCUT2D eigenvalue weighted by Gasteiger charge is 2.38. The van der Waals surface area contributed by atoms with Crippen molar-refractivity contribution in [3.05, 3.63) is 0 Å². The third kappa shape index (κ3) is 2.73. The van der Waals surface area contributed by atoms with Crippen LogP contribution in [-0.4, -0.2) is 19.8 Å². The summed E-state index contributed by atoms with van der Waals surface area (Å²) in [7, 11) is 1.74. The summed E-state index contributed by atoms with van der Waals surface area (Å²) in [6.07, 6.45) is 3.58. The monoisotopic (exact) mass is 172 g/mol. The molecule has 0 radical (unpaired) electrons. The first-order valence-corrected chi connectivity index (χ1v) is 4.74. The van der Waals surface area contributed by atoms with Crippen LogP contribution in [0.5, 0.6) is 0 Å². The summed E-state index contributed by atoms with van der Waals surface area (Å²) in [6, 6.07) is 0.509. The summed E-state index contributed by atoms with van der Waals surface area (Å²) in [4.78, 5) is 0. The molecule has 3 atom stereocenters. The average Bonchev–Trinajstić information content (AvgIpc) is 2.77. The summed E-state index contributed by atoms with van der Waals surface area (Å²) in [5.41, 5.74) is 2.90. The fraction of sp³-hybridized carbons (Fsp3) is 1.00. The van der Waals surface area contributed by atoms with Gasteiger partial charge < -0.3 is 4.74 Å². The van der Waals surface area contributed by atoms with E-state index in [2.05, 4.69) is 12.3 Å². The molecule has 12 heavy (non-hydrogen) atoms. The van der Waals surface area contributed by atoms with Crippen LogP contribution in [0.1, 0.15) is 26.2 Å². The minimum Gasteiger partial charge on any atom is -0.385 e. The lowest BCUT2D eigenvalue weighted by atomic mass is 10.1. The number of methoxy groups -OCH3 is 1. The number of hydrogen-bond acceptors (Lipinski definition) is 3. The third-order valence-corrected chi connectivity index (χ3v) is 2.77. The Kier molecular flexibility index (Phi) is 3.98. The number of nitrogens with one attached hydrogen (secondary N) is 1. The minimum absolute atomic E-state index is 0.509. The van der Waals surface area contributed by atoms with Crippen molar-refractivity contribution in [2.24, 2.45) is 17.7 Å². The predicted molar refractivity (Wildman–Crippen MR) is 49.5 cm³/mol. The fourth-order valence-electron chi connectivity index (χ4n) is 1.78. The van der Waals surface area contributed by atoms with Gasteiger partial charge in [-0.1, -0.05) is 6.92 Å². The highest BCUT2D eigenvalue weighted by atomic mass is 16.5. The molecule has 0 aromatic rings. The van der Waals surface area contributed by atoms with E-state index >= 15 is 0 Å². The number of hydrazine groups is 1. The molecule has 0 bridgehead atoms. The zero-order chi connectivity index (χ0) is 8.97. The maximum absolute atomic E-state index is 5.47. The van der Waals surface area contributed by atoms with Crippen molar-refractivity contribution < 1.29 is 4.74 Å². The standard InChI is InChI=1S/C9H20N2O/c1-7-6-8(7)9(11-10)4-3-5-12-2/h7-9,11H,3-6,10H2,1-2H3. The molecule has 0 aromatic carbocycles. The summed E-state index contributed by atoms with van der Waals surface area (Å²) in [5.74, 6) is 7.15. The Bertz CT molecular complexity index is 130. The van der Waals surface area contributed by atoms with E-state index in [1.54, 1.807) is 7.11 Å². The lowest BCUT2D eigenvalue weighted by Gasteiger charge is -2.14. The first-order valence-electron chi connectivity index (χ1n) is 4.74. The van der Waals surface area contributed by atoms with Gasteiger partial charge in [-0.3, -0.25) is 11.3 Å². The highest BCUT2D eigenvalue weighted by Crippen LogP contribution is 2.41. The quantitative estimate of drug-likeness (QED) is 0.355. The van der Waals surface area contributed by atoms with Crippen LogP contribution in [0.15, 0.2) is 0 Å². The van der Waals surface area contributed by atoms with Gasteiger partial charge in [0.05, 0.1) is 0 Å². The van der Waals surface area contributed by atoms with Gasteiger partial charge >= 0.3 is 0 Å². The van der Waals surface area contributed by atoms with Crippen LogP contribution < -0.4 is 11.3 Å². The molecule has 3 N–H and O–H groups in total. The largest absolute Gasteiger partial charge is 0.385 e. The van der Waals surface area contributed by atoms with Crippen LogP contribution in [0, 0.1) is 11.8 Å². The SMILES string of the molecule is COCCCC(NN)C1CC1C. The molecule has 72 valence electrons. The van der Waals surface area contributed by atoms with Gasteiger partial charge in [-0.05, 0) is 31.1 Å². The summed E-state index contributed by atoms with van der Waals surface area (Å²) in [5, 5.41) is 0. The Morgan fingerprint density at radius 2 is 2.33 bits per heavy atom. The number of ether oxygens (including phenoxy) is 1. The van der Waals surface area contributed by atoms with Gasteiger partial charge in [-0.15, -0.1) is 0 Å². The smallest absolute Gasteiger partial charge is 0.0462 e. The lowest BCUT2D eigenvalue weighted by Crippen LogP contribution is -2.37. The third-order valence-electron chi connectivity index (χ3n) is 2.77. The topological polar surface area (TPSA) is 47.3 Å². The molecule has 0 heterocycles. The van der Waals surface area contributed by atoms with Crippen molar-refractivity contribution in [2.75, 3.05) is 13.7 Å². The van der Waals surface area contributed by atoms with Crippen LogP contribution in [0.2, 0.25) is 0 Å². The maximum atomic E-state index is 5.47. The second kappa shape index (κ2) is 4.80. The van der Waals surface area contributed by atoms with E-state index in [1.807, 2.05) is 0 Å². The van der Waals surface area contributed by atoms with Crippen LogP contribution in [-0.2, 0) is 4.74 Å². The minimum atomic E-state index is 0.509. The van der Waals surface area contributed by atoms with E-state index in [0.717, 1.165) is 31.3 Å². The molecular formula is C9H20N2O. The van der Waals surface area contributed by atoms with Crippen molar-refractivity contribution in [1.29, 1.82) is 0 Å². The number of hydrogen-bond donors (Lipinski definition) is 2. The van der Waals surface area contributed by atoms with Gasteiger partial charge in [0.25, 0.3) is 0 Å². The summed E-state index contributed by atoms with van der Waals surface area (Å²) < 4.78 is 5.00. The Balaban J connectivity index is 2.09. The Morgan fingerprint density at radius 3 is 2.75 bits per heavy atom. The molecule has 0 aliphatic heterocycles. The van der Waals surface area contributed by atoms with Crippen molar-refractivity contribution in [3.8, 4) is 0 Å². The zero-order valence-corrected chi connectivity index (χ0v) is 8.05. The van der Waals surface area contributed by atoms with Crippen molar-refractivity contribution in [2.45, 2.75) is 32.2 Å². The molecule has 0 aromatic heterocycles. The molecule has 1 saturated carbocycles. The van der Waals surface area contributed by atoms with E-state index in [9.17, 15) is 0 Å². The Morgan fingerprint density at radius 1 is 1.67 bits per heavy atom. The molecule has 1 rings (SSSR count). The van der Waals surface area contributed by atoms with Crippen molar-refractivity contribution >= 4 is 0 Å². The maximum Gasteiger partial charge on any atom is 0.0462 e. The number of rotatable bonds is 6. The van der Waals surface area contributed by atoms with Gasteiger partial charge in [-0.25, -0.2) is 0 Å². The second-order valence-corrected chi connectivity index (χ2v) is 3.79. The molecular weight excluding hydrogens is 152 g/mol. The molecule has 0 spiro atoms. The molecule has 3 nitrogen and oxygen atoms in total.